The van der Waals surface area contributed by atoms with Crippen molar-refractivity contribution in [1.82, 2.24) is 10.3 Å². The highest BCUT2D eigenvalue weighted by Crippen LogP contribution is 2.19. The summed E-state index contributed by atoms with van der Waals surface area (Å²) in [5.74, 6) is 0. The van der Waals surface area contributed by atoms with Crippen molar-refractivity contribution in [3.8, 4) is 0 Å². The molecule has 1 heterocycles. The molecule has 1 aromatic rings. The molecule has 1 N–H and O–H groups in total. The second-order valence-electron chi connectivity index (χ2n) is 3.08. The van der Waals surface area contributed by atoms with E-state index in [4.69, 9.17) is 0 Å². The van der Waals surface area contributed by atoms with Gasteiger partial charge in [-0.1, -0.05) is 30.3 Å². The Labute approximate surface area is 80.7 Å². The number of hydrogen-bond donors (Lipinski definition) is 1. The third-order valence-corrected chi connectivity index (χ3v) is 2.19. The highest BCUT2D eigenvalue weighted by atomic mass is 16.3. The molecule has 0 saturated carbocycles. The molecule has 0 spiro atoms. The van der Waals surface area contributed by atoms with Crippen LogP contribution in [0.1, 0.15) is 11.6 Å². The number of carbonyl (C=O) groups is 1. The first-order valence-electron chi connectivity index (χ1n) is 4.27. The van der Waals surface area contributed by atoms with Gasteiger partial charge in [-0.15, -0.1) is 4.91 Å². The van der Waals surface area contributed by atoms with Crippen LogP contribution in [0.3, 0.4) is 0 Å². The average molecular weight is 191 g/mol. The van der Waals surface area contributed by atoms with Crippen molar-refractivity contribution in [2.24, 2.45) is 5.29 Å². The first-order valence-corrected chi connectivity index (χ1v) is 4.27. The first-order chi connectivity index (χ1) is 6.81. The Balaban J connectivity index is 2.16. The molecular formula is C9H9N3O2. The third-order valence-electron chi connectivity index (χ3n) is 2.19. The molecule has 1 atom stereocenters. The Morgan fingerprint density at radius 1 is 1.36 bits per heavy atom. The lowest BCUT2D eigenvalue weighted by molar-refractivity contribution is 0.218. The van der Waals surface area contributed by atoms with Crippen LogP contribution < -0.4 is 5.32 Å². The van der Waals surface area contributed by atoms with E-state index in [0.717, 1.165) is 10.6 Å². The normalized spacial score (nSPS) is 20.7. The minimum atomic E-state index is -0.436. The van der Waals surface area contributed by atoms with Crippen molar-refractivity contribution in [1.29, 1.82) is 0 Å². The van der Waals surface area contributed by atoms with Gasteiger partial charge in [-0.3, -0.25) is 0 Å². The molecule has 0 aromatic heterocycles. The molecule has 1 aliphatic rings. The van der Waals surface area contributed by atoms with Crippen LogP contribution in [-0.4, -0.2) is 17.6 Å². The van der Waals surface area contributed by atoms with E-state index in [-0.39, 0.29) is 6.04 Å². The minimum Gasteiger partial charge on any atom is -0.328 e. The SMILES string of the molecule is O=NN1C[C@@H](c2ccccc2)NC1=O. The molecule has 72 valence electrons. The summed E-state index contributed by atoms with van der Waals surface area (Å²) in [6, 6.07) is 8.90. The van der Waals surface area contributed by atoms with Gasteiger partial charge in [0.1, 0.15) is 0 Å². The van der Waals surface area contributed by atoms with Gasteiger partial charge in [0, 0.05) is 0 Å². The Hall–Kier alpha value is -1.91. The second-order valence-corrected chi connectivity index (χ2v) is 3.08. The maximum Gasteiger partial charge on any atom is 0.341 e. The lowest BCUT2D eigenvalue weighted by Crippen LogP contribution is -2.23. The zero-order valence-electron chi connectivity index (χ0n) is 7.38. The van der Waals surface area contributed by atoms with Gasteiger partial charge in [-0.05, 0) is 5.56 Å². The van der Waals surface area contributed by atoms with E-state index in [2.05, 4.69) is 10.6 Å². The number of carbonyl (C=O) groups excluding carboxylic acids is 1. The van der Waals surface area contributed by atoms with Gasteiger partial charge in [0.25, 0.3) is 0 Å². The van der Waals surface area contributed by atoms with Crippen LogP contribution in [0.15, 0.2) is 35.6 Å². The maximum atomic E-state index is 11.1. The van der Waals surface area contributed by atoms with Crippen molar-refractivity contribution in [2.45, 2.75) is 6.04 Å². The van der Waals surface area contributed by atoms with Crippen molar-refractivity contribution >= 4 is 6.03 Å². The Morgan fingerprint density at radius 2 is 2.07 bits per heavy atom. The van der Waals surface area contributed by atoms with Gasteiger partial charge in [0.05, 0.1) is 17.9 Å². The third kappa shape index (κ3) is 1.44. The number of urea groups is 1. The highest BCUT2D eigenvalue weighted by Gasteiger charge is 2.30. The van der Waals surface area contributed by atoms with E-state index in [0.29, 0.717) is 6.54 Å². The smallest absolute Gasteiger partial charge is 0.328 e. The monoisotopic (exact) mass is 191 g/mol. The fraction of sp³-hybridized carbons (Fsp3) is 0.222. The van der Waals surface area contributed by atoms with Crippen LogP contribution in [0, 0.1) is 4.91 Å². The summed E-state index contributed by atoms with van der Waals surface area (Å²) in [6.45, 7) is 0.298. The summed E-state index contributed by atoms with van der Waals surface area (Å²) in [7, 11) is 0. The lowest BCUT2D eigenvalue weighted by atomic mass is 10.1. The standard InChI is InChI=1S/C9H9N3O2/c13-9-10-8(6-12(9)11-14)7-4-2-1-3-5-7/h1-5,8H,6H2,(H,10,13)/t8-/m0/s1. The molecular weight excluding hydrogens is 182 g/mol. The van der Waals surface area contributed by atoms with Crippen LogP contribution in [0.25, 0.3) is 0 Å². The molecule has 14 heavy (non-hydrogen) atoms. The summed E-state index contributed by atoms with van der Waals surface area (Å²) < 4.78 is 0. The number of amides is 2. The van der Waals surface area contributed by atoms with E-state index < -0.39 is 6.03 Å². The van der Waals surface area contributed by atoms with Crippen molar-refractivity contribution in [3.63, 3.8) is 0 Å². The molecule has 5 nitrogen and oxygen atoms in total. The molecule has 2 rings (SSSR count). The predicted molar refractivity (Wildman–Crippen MR) is 50.2 cm³/mol. The molecule has 5 heteroatoms. The zero-order valence-corrected chi connectivity index (χ0v) is 7.38. The van der Waals surface area contributed by atoms with Crippen LogP contribution in [0.4, 0.5) is 4.79 Å². The number of nitroso groups, excluding NO2 is 1. The largest absolute Gasteiger partial charge is 0.341 e. The molecule has 0 aliphatic carbocycles. The summed E-state index contributed by atoms with van der Waals surface area (Å²) in [6.07, 6.45) is 0. The van der Waals surface area contributed by atoms with Gasteiger partial charge in [0.15, 0.2) is 0 Å². The van der Waals surface area contributed by atoms with E-state index in [1.807, 2.05) is 30.3 Å². The zero-order chi connectivity index (χ0) is 9.97. The maximum absolute atomic E-state index is 11.1. The van der Waals surface area contributed by atoms with Crippen LogP contribution in [0.5, 0.6) is 0 Å². The van der Waals surface area contributed by atoms with E-state index in [1.165, 1.54) is 0 Å². The number of benzene rings is 1. The van der Waals surface area contributed by atoms with Gasteiger partial charge in [0.2, 0.25) is 0 Å². The number of hydrogen-bond acceptors (Lipinski definition) is 3. The Kier molecular flexibility index (Phi) is 2.14. The van der Waals surface area contributed by atoms with Gasteiger partial charge >= 0.3 is 6.03 Å². The molecule has 1 aliphatic heterocycles. The predicted octanol–water partition coefficient (Wildman–Crippen LogP) is 1.43. The van der Waals surface area contributed by atoms with Crippen LogP contribution in [-0.2, 0) is 0 Å². The van der Waals surface area contributed by atoms with E-state index in [9.17, 15) is 9.70 Å². The van der Waals surface area contributed by atoms with Crippen LogP contribution >= 0.6 is 0 Å². The highest BCUT2D eigenvalue weighted by molar-refractivity contribution is 5.76. The summed E-state index contributed by atoms with van der Waals surface area (Å²) in [5, 5.41) is 6.17. The first kappa shape index (κ1) is 8.68. The fourth-order valence-corrected chi connectivity index (χ4v) is 1.47. The van der Waals surface area contributed by atoms with Gasteiger partial charge in [-0.25, -0.2) is 4.79 Å². The second kappa shape index (κ2) is 3.45. The Morgan fingerprint density at radius 3 is 2.64 bits per heavy atom. The van der Waals surface area contributed by atoms with Gasteiger partial charge < -0.3 is 5.32 Å². The van der Waals surface area contributed by atoms with Crippen LogP contribution in [0.2, 0.25) is 0 Å². The molecule has 2 amide bonds. The number of nitrogens with one attached hydrogen (secondary N) is 1. The molecule has 0 radical (unpaired) electrons. The topological polar surface area (TPSA) is 61.8 Å². The van der Waals surface area contributed by atoms with Crippen molar-refractivity contribution < 1.29 is 4.79 Å². The number of rotatable bonds is 2. The summed E-state index contributed by atoms with van der Waals surface area (Å²) in [5.41, 5.74) is 0.979. The summed E-state index contributed by atoms with van der Waals surface area (Å²) >= 11 is 0. The molecule has 1 fully saturated rings. The quantitative estimate of drug-likeness (QED) is 0.719. The lowest BCUT2D eigenvalue weighted by Gasteiger charge is -2.07. The average Bonchev–Trinajstić information content (AvgIpc) is 2.61. The fourth-order valence-electron chi connectivity index (χ4n) is 1.47. The van der Waals surface area contributed by atoms with Gasteiger partial charge in [-0.2, -0.15) is 5.01 Å². The van der Waals surface area contributed by atoms with Crippen molar-refractivity contribution in [3.05, 3.63) is 40.8 Å². The summed E-state index contributed by atoms with van der Waals surface area (Å²) in [4.78, 5) is 21.3. The molecule has 1 saturated heterocycles. The number of nitrogens with zero attached hydrogens (tertiary/aromatic N) is 2. The van der Waals surface area contributed by atoms with E-state index >= 15 is 0 Å². The molecule has 0 unspecified atom stereocenters. The molecule has 1 aromatic carbocycles. The Bertz CT molecular complexity index is 352. The van der Waals surface area contributed by atoms with Crippen molar-refractivity contribution in [2.75, 3.05) is 6.54 Å². The van der Waals surface area contributed by atoms with E-state index in [1.54, 1.807) is 0 Å². The molecule has 0 bridgehead atoms. The minimum absolute atomic E-state index is 0.138.